The van der Waals surface area contributed by atoms with Gasteiger partial charge in [-0.1, -0.05) is 78.9 Å². The van der Waals surface area contributed by atoms with E-state index < -0.39 is 12.1 Å². The van der Waals surface area contributed by atoms with Crippen LogP contribution in [-0.4, -0.2) is 18.1 Å². The summed E-state index contributed by atoms with van der Waals surface area (Å²) in [6.07, 6.45) is 0.353. The van der Waals surface area contributed by atoms with Crippen molar-refractivity contribution in [1.82, 2.24) is 5.32 Å². The van der Waals surface area contributed by atoms with Crippen molar-refractivity contribution < 1.29 is 9.66 Å². The van der Waals surface area contributed by atoms with Crippen LogP contribution in [0, 0.1) is 10.1 Å². The molecule has 0 amide bonds. The van der Waals surface area contributed by atoms with Gasteiger partial charge in [-0.2, -0.15) is 0 Å². The summed E-state index contributed by atoms with van der Waals surface area (Å²) in [6, 6.07) is 25.7. The quantitative estimate of drug-likeness (QED) is 0.444. The van der Waals surface area contributed by atoms with E-state index in [1.54, 1.807) is 7.11 Å². The molecule has 144 valence electrons. The van der Waals surface area contributed by atoms with E-state index in [0.29, 0.717) is 13.0 Å². The van der Waals surface area contributed by atoms with Gasteiger partial charge in [-0.3, -0.25) is 15.4 Å². The summed E-state index contributed by atoms with van der Waals surface area (Å²) in [6.45, 7) is 0.475. The zero-order valence-electron chi connectivity index (χ0n) is 15.8. The SMILES string of the molecule is COc1ccccc1CN[C@H](c1ccccc1)[C@H](Cc1ccccc1)[N+](=O)[O-]. The Morgan fingerprint density at radius 3 is 2.18 bits per heavy atom. The summed E-state index contributed by atoms with van der Waals surface area (Å²) in [4.78, 5) is 11.8. The highest BCUT2D eigenvalue weighted by Crippen LogP contribution is 2.24. The molecule has 0 fully saturated rings. The molecule has 0 aliphatic heterocycles. The van der Waals surface area contributed by atoms with Crippen LogP contribution in [0.25, 0.3) is 0 Å². The van der Waals surface area contributed by atoms with Crippen molar-refractivity contribution in [3.05, 3.63) is 112 Å². The third-order valence-electron chi connectivity index (χ3n) is 4.81. The molecule has 3 rings (SSSR count). The molecule has 0 saturated heterocycles. The first-order valence-electron chi connectivity index (χ1n) is 9.26. The van der Waals surface area contributed by atoms with Crippen LogP contribution in [0.15, 0.2) is 84.9 Å². The number of benzene rings is 3. The van der Waals surface area contributed by atoms with Crippen LogP contribution in [0.1, 0.15) is 22.7 Å². The number of methoxy groups -OCH3 is 1. The number of hydrogen-bond acceptors (Lipinski definition) is 4. The van der Waals surface area contributed by atoms with Gasteiger partial charge in [-0.25, -0.2) is 0 Å². The maximum atomic E-state index is 12.0. The molecule has 0 aliphatic carbocycles. The van der Waals surface area contributed by atoms with Crippen molar-refractivity contribution in [3.63, 3.8) is 0 Å². The molecule has 0 heterocycles. The monoisotopic (exact) mass is 376 g/mol. The Hall–Kier alpha value is -3.18. The Morgan fingerprint density at radius 1 is 0.929 bits per heavy atom. The second kappa shape index (κ2) is 9.67. The molecule has 2 atom stereocenters. The summed E-state index contributed by atoms with van der Waals surface area (Å²) in [5.41, 5.74) is 2.81. The van der Waals surface area contributed by atoms with E-state index in [1.807, 2.05) is 84.9 Å². The van der Waals surface area contributed by atoms with Crippen molar-refractivity contribution >= 4 is 0 Å². The summed E-state index contributed by atoms with van der Waals surface area (Å²) in [5.74, 6) is 0.766. The number of ether oxygens (including phenoxy) is 1. The Kier molecular flexibility index (Phi) is 6.76. The van der Waals surface area contributed by atoms with Crippen LogP contribution >= 0.6 is 0 Å². The Morgan fingerprint density at radius 2 is 1.54 bits per heavy atom. The van der Waals surface area contributed by atoms with E-state index in [0.717, 1.165) is 22.4 Å². The fourth-order valence-corrected chi connectivity index (χ4v) is 3.38. The number of rotatable bonds is 9. The molecule has 5 heteroatoms. The molecule has 0 radical (unpaired) electrons. The van der Waals surface area contributed by atoms with Crippen molar-refractivity contribution in [2.45, 2.75) is 25.0 Å². The summed E-state index contributed by atoms with van der Waals surface area (Å²) < 4.78 is 5.41. The Labute approximate surface area is 165 Å². The van der Waals surface area contributed by atoms with E-state index in [4.69, 9.17) is 4.74 Å². The minimum Gasteiger partial charge on any atom is -0.496 e. The first kappa shape index (κ1) is 19.6. The second-order valence-corrected chi connectivity index (χ2v) is 6.62. The molecular formula is C23H24N2O3. The third-order valence-corrected chi connectivity index (χ3v) is 4.81. The van der Waals surface area contributed by atoms with Gasteiger partial charge in [0.1, 0.15) is 11.8 Å². The predicted octanol–water partition coefficient (Wildman–Crippen LogP) is 4.41. The number of nitro groups is 1. The zero-order chi connectivity index (χ0) is 19.8. The lowest BCUT2D eigenvalue weighted by molar-refractivity contribution is -0.527. The Balaban J connectivity index is 1.88. The van der Waals surface area contributed by atoms with Crippen molar-refractivity contribution in [2.24, 2.45) is 0 Å². The van der Waals surface area contributed by atoms with E-state index >= 15 is 0 Å². The highest BCUT2D eigenvalue weighted by molar-refractivity contribution is 5.33. The third kappa shape index (κ3) is 4.96. The van der Waals surface area contributed by atoms with E-state index in [9.17, 15) is 10.1 Å². The minimum atomic E-state index is -0.792. The van der Waals surface area contributed by atoms with E-state index in [-0.39, 0.29) is 4.92 Å². The molecule has 3 aromatic rings. The average molecular weight is 376 g/mol. The maximum absolute atomic E-state index is 12.0. The molecule has 3 aromatic carbocycles. The first-order valence-corrected chi connectivity index (χ1v) is 9.26. The first-order chi connectivity index (χ1) is 13.7. The van der Waals surface area contributed by atoms with Crippen LogP contribution in [0.4, 0.5) is 0 Å². The van der Waals surface area contributed by atoms with Gasteiger partial charge < -0.3 is 4.74 Å². The van der Waals surface area contributed by atoms with Crippen LogP contribution in [0.2, 0.25) is 0 Å². The molecule has 5 nitrogen and oxygen atoms in total. The van der Waals surface area contributed by atoms with Crippen LogP contribution in [0.3, 0.4) is 0 Å². The van der Waals surface area contributed by atoms with Gasteiger partial charge in [0.2, 0.25) is 6.04 Å². The summed E-state index contributed by atoms with van der Waals surface area (Å²) in [7, 11) is 1.63. The lowest BCUT2D eigenvalue weighted by Gasteiger charge is -2.23. The lowest BCUT2D eigenvalue weighted by atomic mass is 9.94. The van der Waals surface area contributed by atoms with E-state index in [1.165, 1.54) is 0 Å². The number of hydrogen-bond donors (Lipinski definition) is 1. The molecule has 0 aliphatic rings. The largest absolute Gasteiger partial charge is 0.496 e. The zero-order valence-corrected chi connectivity index (χ0v) is 15.8. The lowest BCUT2D eigenvalue weighted by Crippen LogP contribution is -2.38. The standard InChI is InChI=1S/C23H24N2O3/c1-28-22-15-9-8-14-20(22)17-24-23(19-12-6-3-7-13-19)21(25(26)27)16-18-10-4-2-5-11-18/h2-15,21,23-24H,16-17H2,1H3/t21-,23+/m0/s1. The number of nitrogens with zero attached hydrogens (tertiary/aromatic N) is 1. The fraction of sp³-hybridized carbons (Fsp3) is 0.217. The maximum Gasteiger partial charge on any atom is 0.236 e. The van der Waals surface area contributed by atoms with Crippen LogP contribution in [-0.2, 0) is 13.0 Å². The Bertz CT molecular complexity index is 885. The highest BCUT2D eigenvalue weighted by atomic mass is 16.6. The molecule has 0 bridgehead atoms. The van der Waals surface area contributed by atoms with Gasteiger partial charge in [0.15, 0.2) is 0 Å². The summed E-state index contributed by atoms with van der Waals surface area (Å²) >= 11 is 0. The fourth-order valence-electron chi connectivity index (χ4n) is 3.38. The minimum absolute atomic E-state index is 0.181. The van der Waals surface area contributed by atoms with Crippen LogP contribution in [0.5, 0.6) is 5.75 Å². The van der Waals surface area contributed by atoms with Crippen LogP contribution < -0.4 is 10.1 Å². The number of para-hydroxylation sites is 1. The predicted molar refractivity (Wildman–Crippen MR) is 110 cm³/mol. The van der Waals surface area contributed by atoms with Crippen molar-refractivity contribution in [3.8, 4) is 5.75 Å². The molecule has 0 unspecified atom stereocenters. The van der Waals surface area contributed by atoms with Gasteiger partial charge in [-0.05, 0) is 17.2 Å². The summed E-state index contributed by atoms with van der Waals surface area (Å²) in [5, 5.41) is 15.4. The van der Waals surface area contributed by atoms with Gasteiger partial charge in [0, 0.05) is 23.5 Å². The second-order valence-electron chi connectivity index (χ2n) is 6.62. The molecule has 0 aromatic heterocycles. The number of nitrogens with one attached hydrogen (secondary N) is 1. The molecule has 0 spiro atoms. The smallest absolute Gasteiger partial charge is 0.236 e. The molecule has 0 saturated carbocycles. The topological polar surface area (TPSA) is 64.4 Å². The molecule has 1 N–H and O–H groups in total. The molecular weight excluding hydrogens is 352 g/mol. The van der Waals surface area contributed by atoms with Crippen molar-refractivity contribution in [1.29, 1.82) is 0 Å². The van der Waals surface area contributed by atoms with Gasteiger partial charge in [0.05, 0.1) is 7.11 Å². The normalized spacial score (nSPS) is 12.9. The average Bonchev–Trinajstić information content (AvgIpc) is 2.74. The van der Waals surface area contributed by atoms with Gasteiger partial charge in [0.25, 0.3) is 0 Å². The van der Waals surface area contributed by atoms with Crippen molar-refractivity contribution in [2.75, 3.05) is 7.11 Å². The van der Waals surface area contributed by atoms with E-state index in [2.05, 4.69) is 5.32 Å². The molecule has 28 heavy (non-hydrogen) atoms. The van der Waals surface area contributed by atoms with Gasteiger partial charge in [-0.15, -0.1) is 0 Å². The van der Waals surface area contributed by atoms with Gasteiger partial charge >= 0.3 is 0 Å². The highest BCUT2D eigenvalue weighted by Gasteiger charge is 2.32.